The van der Waals surface area contributed by atoms with E-state index in [-0.39, 0.29) is 12.5 Å². The van der Waals surface area contributed by atoms with Crippen LogP contribution in [-0.4, -0.2) is 38.9 Å². The van der Waals surface area contributed by atoms with Gasteiger partial charge >= 0.3 is 0 Å². The minimum Gasteiger partial charge on any atom is -0.493 e. The highest BCUT2D eigenvalue weighted by Crippen LogP contribution is 2.25. The van der Waals surface area contributed by atoms with Crippen molar-refractivity contribution >= 4 is 17.8 Å². The van der Waals surface area contributed by atoms with Crippen molar-refractivity contribution in [1.82, 2.24) is 5.43 Å². The van der Waals surface area contributed by atoms with Crippen LogP contribution in [0.4, 0.5) is 5.69 Å². The Morgan fingerprint density at radius 3 is 2.35 bits per heavy atom. The van der Waals surface area contributed by atoms with Crippen molar-refractivity contribution in [3.63, 3.8) is 0 Å². The lowest BCUT2D eigenvalue weighted by Crippen LogP contribution is -2.24. The fourth-order valence-electron chi connectivity index (χ4n) is 2.45. The quantitative estimate of drug-likeness (QED) is 0.555. The first kappa shape index (κ1) is 19.3. The fraction of sp³-hybridized carbons (Fsp3) is 0.300. The highest BCUT2D eigenvalue weighted by Gasteiger charge is 2.06. The van der Waals surface area contributed by atoms with E-state index < -0.39 is 0 Å². The maximum atomic E-state index is 11.8. The van der Waals surface area contributed by atoms with Crippen LogP contribution < -0.4 is 19.8 Å². The van der Waals surface area contributed by atoms with Gasteiger partial charge in [0.15, 0.2) is 18.1 Å². The van der Waals surface area contributed by atoms with E-state index in [4.69, 9.17) is 9.47 Å². The van der Waals surface area contributed by atoms with Crippen molar-refractivity contribution in [2.24, 2.45) is 5.10 Å². The Hall–Kier alpha value is -3.02. The number of hydrogen-bond donors (Lipinski definition) is 1. The Morgan fingerprint density at radius 1 is 1.08 bits per heavy atom. The van der Waals surface area contributed by atoms with Crippen molar-refractivity contribution in [3.8, 4) is 11.5 Å². The molecule has 0 aromatic heterocycles. The first-order valence-corrected chi connectivity index (χ1v) is 8.60. The molecule has 6 heteroatoms. The molecule has 2 aromatic rings. The van der Waals surface area contributed by atoms with E-state index >= 15 is 0 Å². The molecule has 26 heavy (non-hydrogen) atoms. The standard InChI is InChI=1S/C20H25N3O3/c1-4-23(5-2)17-12-10-16(11-13-17)14-21-22-20(24)15-26-19-9-7-6-8-18(19)25-3/h6-14H,4-5,15H2,1-3H3,(H,22,24). The van der Waals surface area contributed by atoms with E-state index in [1.165, 1.54) is 5.69 Å². The van der Waals surface area contributed by atoms with Crippen LogP contribution in [0.3, 0.4) is 0 Å². The van der Waals surface area contributed by atoms with Gasteiger partial charge in [0.25, 0.3) is 5.91 Å². The van der Waals surface area contributed by atoms with Crippen molar-refractivity contribution in [2.75, 3.05) is 31.7 Å². The highest BCUT2D eigenvalue weighted by atomic mass is 16.5. The molecule has 0 bridgehead atoms. The Labute approximate surface area is 154 Å². The Kier molecular flexibility index (Phi) is 7.49. The summed E-state index contributed by atoms with van der Waals surface area (Å²) < 4.78 is 10.6. The van der Waals surface area contributed by atoms with Crippen molar-refractivity contribution < 1.29 is 14.3 Å². The molecule has 0 spiro atoms. The molecule has 0 radical (unpaired) electrons. The fourth-order valence-corrected chi connectivity index (χ4v) is 2.45. The van der Waals surface area contributed by atoms with Gasteiger partial charge < -0.3 is 14.4 Å². The number of carbonyl (C=O) groups is 1. The summed E-state index contributed by atoms with van der Waals surface area (Å²) in [7, 11) is 1.55. The van der Waals surface area contributed by atoms with Gasteiger partial charge in [-0.3, -0.25) is 4.79 Å². The second-order valence-corrected chi connectivity index (χ2v) is 5.50. The lowest BCUT2D eigenvalue weighted by atomic mass is 10.2. The zero-order valence-electron chi connectivity index (χ0n) is 15.4. The molecule has 0 aliphatic carbocycles. The number of amides is 1. The Morgan fingerprint density at radius 2 is 1.73 bits per heavy atom. The molecule has 1 amide bonds. The van der Waals surface area contributed by atoms with Crippen LogP contribution in [-0.2, 0) is 4.79 Å². The summed E-state index contributed by atoms with van der Waals surface area (Å²) in [6.45, 7) is 6.04. The molecule has 0 unspecified atom stereocenters. The average Bonchev–Trinajstić information content (AvgIpc) is 2.68. The summed E-state index contributed by atoms with van der Waals surface area (Å²) in [5.74, 6) is 0.755. The first-order valence-electron chi connectivity index (χ1n) is 8.60. The van der Waals surface area contributed by atoms with Crippen LogP contribution >= 0.6 is 0 Å². The molecule has 0 heterocycles. The molecule has 0 aliphatic rings. The topological polar surface area (TPSA) is 63.2 Å². The second-order valence-electron chi connectivity index (χ2n) is 5.50. The SMILES string of the molecule is CCN(CC)c1ccc(C=NNC(=O)COc2ccccc2OC)cc1. The maximum Gasteiger partial charge on any atom is 0.277 e. The number of rotatable bonds is 9. The summed E-state index contributed by atoms with van der Waals surface area (Å²) in [4.78, 5) is 14.1. The van der Waals surface area contributed by atoms with E-state index in [1.54, 1.807) is 25.5 Å². The summed E-state index contributed by atoms with van der Waals surface area (Å²) in [5.41, 5.74) is 4.53. The third kappa shape index (κ3) is 5.51. The first-order chi connectivity index (χ1) is 12.7. The van der Waals surface area contributed by atoms with E-state index in [2.05, 4.69) is 29.3 Å². The summed E-state index contributed by atoms with van der Waals surface area (Å²) in [5, 5.41) is 3.96. The molecular weight excluding hydrogens is 330 g/mol. The predicted molar refractivity (Wildman–Crippen MR) is 104 cm³/mol. The lowest BCUT2D eigenvalue weighted by molar-refractivity contribution is -0.123. The van der Waals surface area contributed by atoms with Crippen LogP contribution in [0, 0.1) is 0 Å². The molecule has 0 aliphatic heterocycles. The smallest absolute Gasteiger partial charge is 0.277 e. The van der Waals surface area contributed by atoms with Gasteiger partial charge in [-0.1, -0.05) is 24.3 Å². The largest absolute Gasteiger partial charge is 0.493 e. The lowest BCUT2D eigenvalue weighted by Gasteiger charge is -2.20. The van der Waals surface area contributed by atoms with Gasteiger partial charge in [-0.05, 0) is 43.7 Å². The number of carbonyl (C=O) groups excluding carboxylic acids is 1. The monoisotopic (exact) mass is 355 g/mol. The van der Waals surface area contributed by atoms with Crippen molar-refractivity contribution in [2.45, 2.75) is 13.8 Å². The summed E-state index contributed by atoms with van der Waals surface area (Å²) in [6, 6.07) is 15.2. The van der Waals surface area contributed by atoms with Gasteiger partial charge in [-0.25, -0.2) is 5.43 Å². The minimum atomic E-state index is -0.341. The summed E-state index contributed by atoms with van der Waals surface area (Å²) in [6.07, 6.45) is 1.60. The van der Waals surface area contributed by atoms with Crippen LogP contribution in [0.1, 0.15) is 19.4 Å². The van der Waals surface area contributed by atoms with E-state index in [0.29, 0.717) is 11.5 Å². The molecular formula is C20H25N3O3. The number of hydrazone groups is 1. The Balaban J connectivity index is 1.83. The van der Waals surface area contributed by atoms with Gasteiger partial charge in [0.2, 0.25) is 0 Å². The predicted octanol–water partition coefficient (Wildman–Crippen LogP) is 3.07. The Bertz CT molecular complexity index is 725. The van der Waals surface area contributed by atoms with Crippen molar-refractivity contribution in [3.05, 3.63) is 54.1 Å². The van der Waals surface area contributed by atoms with Gasteiger partial charge in [-0.15, -0.1) is 0 Å². The van der Waals surface area contributed by atoms with Crippen LogP contribution in [0.25, 0.3) is 0 Å². The van der Waals surface area contributed by atoms with Crippen LogP contribution in [0.5, 0.6) is 11.5 Å². The number of para-hydroxylation sites is 2. The molecule has 0 atom stereocenters. The number of anilines is 1. The number of methoxy groups -OCH3 is 1. The molecule has 6 nitrogen and oxygen atoms in total. The number of nitrogens with one attached hydrogen (secondary N) is 1. The maximum absolute atomic E-state index is 11.8. The molecule has 0 saturated heterocycles. The molecule has 2 rings (SSSR count). The molecule has 0 saturated carbocycles. The highest BCUT2D eigenvalue weighted by molar-refractivity contribution is 5.83. The van der Waals surface area contributed by atoms with Gasteiger partial charge in [0.05, 0.1) is 13.3 Å². The van der Waals surface area contributed by atoms with Crippen LogP contribution in [0.2, 0.25) is 0 Å². The zero-order valence-corrected chi connectivity index (χ0v) is 15.4. The van der Waals surface area contributed by atoms with E-state index in [0.717, 1.165) is 18.7 Å². The summed E-state index contributed by atoms with van der Waals surface area (Å²) >= 11 is 0. The minimum absolute atomic E-state index is 0.140. The normalized spacial score (nSPS) is 10.6. The molecule has 138 valence electrons. The number of hydrogen-bond acceptors (Lipinski definition) is 5. The molecule has 2 aromatic carbocycles. The van der Waals surface area contributed by atoms with Crippen molar-refractivity contribution in [1.29, 1.82) is 0 Å². The molecule has 0 fully saturated rings. The average molecular weight is 355 g/mol. The van der Waals surface area contributed by atoms with E-state index in [9.17, 15) is 4.79 Å². The van der Waals surface area contributed by atoms with E-state index in [1.807, 2.05) is 36.4 Å². The van der Waals surface area contributed by atoms with Gasteiger partial charge in [-0.2, -0.15) is 5.10 Å². The van der Waals surface area contributed by atoms with Gasteiger partial charge in [0, 0.05) is 18.8 Å². The number of ether oxygens (including phenoxy) is 2. The third-order valence-corrected chi connectivity index (χ3v) is 3.85. The van der Waals surface area contributed by atoms with Crippen LogP contribution in [0.15, 0.2) is 53.6 Å². The molecule has 1 N–H and O–H groups in total. The third-order valence-electron chi connectivity index (χ3n) is 3.85. The second kappa shape index (κ2) is 10.1. The zero-order chi connectivity index (χ0) is 18.8. The number of nitrogens with zero attached hydrogens (tertiary/aromatic N) is 2. The van der Waals surface area contributed by atoms with Gasteiger partial charge in [0.1, 0.15) is 0 Å². The number of benzene rings is 2.